The Kier molecular flexibility index (Phi) is 3.96. The highest BCUT2D eigenvalue weighted by Crippen LogP contribution is 2.30. The summed E-state index contributed by atoms with van der Waals surface area (Å²) in [6.07, 6.45) is 1.49. The molecule has 0 saturated heterocycles. The van der Waals surface area contributed by atoms with Gasteiger partial charge in [-0.05, 0) is 17.7 Å². The first kappa shape index (κ1) is 14.4. The van der Waals surface area contributed by atoms with Crippen molar-refractivity contribution in [1.29, 1.82) is 0 Å². The first-order valence-corrected chi connectivity index (χ1v) is 7.18. The summed E-state index contributed by atoms with van der Waals surface area (Å²) in [7, 11) is 1.92. The molecule has 114 valence electrons. The van der Waals surface area contributed by atoms with Crippen molar-refractivity contribution in [3.05, 3.63) is 59.9 Å². The monoisotopic (exact) mass is 298 g/mol. The lowest BCUT2D eigenvalue weighted by Gasteiger charge is -2.17. The molecule has 2 heterocycles. The van der Waals surface area contributed by atoms with Crippen LogP contribution in [-0.2, 0) is 27.9 Å². The molecule has 5 nitrogen and oxygen atoms in total. The van der Waals surface area contributed by atoms with Gasteiger partial charge in [-0.2, -0.15) is 0 Å². The zero-order chi connectivity index (χ0) is 15.5. The fraction of sp³-hybridized carbons (Fsp3) is 0.294. The highest BCUT2D eigenvalue weighted by Gasteiger charge is 2.38. The van der Waals surface area contributed by atoms with E-state index in [-0.39, 0.29) is 12.6 Å². The van der Waals surface area contributed by atoms with E-state index in [2.05, 4.69) is 4.99 Å². The molecule has 0 spiro atoms. The number of hydrogen-bond acceptors (Lipinski definition) is 4. The molecule has 0 aliphatic carbocycles. The largest absolute Gasteiger partial charge is 0.469 e. The number of rotatable bonds is 4. The number of ether oxygens (including phenoxy) is 2. The summed E-state index contributed by atoms with van der Waals surface area (Å²) in [5, 5.41) is 0. The van der Waals surface area contributed by atoms with Gasteiger partial charge in [0.2, 0.25) is 0 Å². The highest BCUT2D eigenvalue weighted by molar-refractivity contribution is 5.85. The normalized spacial score (nSPS) is 20.4. The van der Waals surface area contributed by atoms with E-state index in [1.54, 1.807) is 6.92 Å². The van der Waals surface area contributed by atoms with Crippen LogP contribution in [0.4, 0.5) is 0 Å². The highest BCUT2D eigenvalue weighted by atomic mass is 16.5. The average molecular weight is 298 g/mol. The Morgan fingerprint density at radius 1 is 1.27 bits per heavy atom. The zero-order valence-corrected chi connectivity index (χ0v) is 12.6. The lowest BCUT2D eigenvalue weighted by Crippen LogP contribution is -2.27. The van der Waals surface area contributed by atoms with Crippen molar-refractivity contribution in [3.8, 4) is 0 Å². The predicted octanol–water partition coefficient (Wildman–Crippen LogP) is 2.63. The van der Waals surface area contributed by atoms with E-state index in [1.807, 2.05) is 60.3 Å². The molecule has 5 heteroatoms. The van der Waals surface area contributed by atoms with Crippen molar-refractivity contribution in [1.82, 2.24) is 4.57 Å². The number of aromatic nitrogens is 1. The smallest absolute Gasteiger partial charge is 0.335 e. The molecule has 0 fully saturated rings. The Balaban J connectivity index is 1.71. The minimum atomic E-state index is -0.655. The molecule has 0 saturated carbocycles. The van der Waals surface area contributed by atoms with Crippen molar-refractivity contribution in [2.75, 3.05) is 0 Å². The number of carbonyl (C=O) groups excluding carboxylic acids is 1. The van der Waals surface area contributed by atoms with Crippen LogP contribution in [0.15, 0.2) is 53.7 Å². The van der Waals surface area contributed by atoms with E-state index >= 15 is 0 Å². The molecule has 0 bridgehead atoms. The minimum absolute atomic E-state index is 0.241. The summed E-state index contributed by atoms with van der Waals surface area (Å²) in [5.41, 5.74) is 1.85. The quantitative estimate of drug-likeness (QED) is 0.815. The fourth-order valence-electron chi connectivity index (χ4n) is 2.52. The van der Waals surface area contributed by atoms with Crippen molar-refractivity contribution in [2.45, 2.75) is 25.7 Å². The number of benzene rings is 1. The van der Waals surface area contributed by atoms with Crippen molar-refractivity contribution in [2.24, 2.45) is 12.0 Å². The molecule has 2 atom stereocenters. The van der Waals surface area contributed by atoms with Gasteiger partial charge in [-0.3, -0.25) is 0 Å². The minimum Gasteiger partial charge on any atom is -0.469 e. The second kappa shape index (κ2) is 6.05. The van der Waals surface area contributed by atoms with Crippen LogP contribution >= 0.6 is 0 Å². The van der Waals surface area contributed by atoms with Gasteiger partial charge in [-0.1, -0.05) is 30.3 Å². The van der Waals surface area contributed by atoms with Crippen LogP contribution < -0.4 is 0 Å². The van der Waals surface area contributed by atoms with Gasteiger partial charge in [-0.15, -0.1) is 0 Å². The van der Waals surface area contributed by atoms with Crippen molar-refractivity contribution < 1.29 is 14.3 Å². The SMILES string of the molecule is CC1=NC(C(=O)OCc2ccccc2)C(c2cccn2C)O1. The van der Waals surface area contributed by atoms with Gasteiger partial charge >= 0.3 is 5.97 Å². The third-order valence-corrected chi connectivity index (χ3v) is 3.65. The molecule has 0 amide bonds. The van der Waals surface area contributed by atoms with E-state index in [4.69, 9.17) is 9.47 Å². The second-order valence-corrected chi connectivity index (χ2v) is 5.27. The standard InChI is InChI=1S/C17H18N2O3/c1-12-18-15(16(22-12)14-9-6-10-19(14)2)17(20)21-11-13-7-4-3-5-8-13/h3-10,15-16H,11H2,1-2H3. The van der Waals surface area contributed by atoms with E-state index in [0.29, 0.717) is 5.90 Å². The lowest BCUT2D eigenvalue weighted by atomic mass is 10.1. The third-order valence-electron chi connectivity index (χ3n) is 3.65. The van der Waals surface area contributed by atoms with E-state index in [1.165, 1.54) is 0 Å². The number of carbonyl (C=O) groups is 1. The van der Waals surface area contributed by atoms with Crippen molar-refractivity contribution in [3.63, 3.8) is 0 Å². The van der Waals surface area contributed by atoms with Crippen LogP contribution in [0.2, 0.25) is 0 Å². The van der Waals surface area contributed by atoms with Gasteiger partial charge < -0.3 is 14.0 Å². The average Bonchev–Trinajstić information content (AvgIpc) is 3.11. The van der Waals surface area contributed by atoms with Crippen LogP contribution in [-0.4, -0.2) is 22.5 Å². The Hall–Kier alpha value is -2.56. The van der Waals surface area contributed by atoms with Crippen LogP contribution in [0.5, 0.6) is 0 Å². The Bertz CT molecular complexity index is 691. The molecule has 1 aliphatic rings. The molecule has 22 heavy (non-hydrogen) atoms. The summed E-state index contributed by atoms with van der Waals surface area (Å²) < 4.78 is 13.0. The second-order valence-electron chi connectivity index (χ2n) is 5.27. The summed E-state index contributed by atoms with van der Waals surface area (Å²) in [5.74, 6) is 0.139. The molecule has 2 aromatic rings. The molecule has 0 N–H and O–H groups in total. The topological polar surface area (TPSA) is 52.8 Å². The number of nitrogens with zero attached hydrogens (tertiary/aromatic N) is 2. The summed E-state index contributed by atoms with van der Waals surface area (Å²) in [6.45, 7) is 1.99. The number of esters is 1. The Morgan fingerprint density at radius 2 is 2.05 bits per heavy atom. The van der Waals surface area contributed by atoms with Crippen LogP contribution in [0.3, 0.4) is 0 Å². The Labute approximate surface area is 129 Å². The van der Waals surface area contributed by atoms with E-state index in [9.17, 15) is 4.79 Å². The molecular formula is C17H18N2O3. The van der Waals surface area contributed by atoms with Gasteiger partial charge in [0, 0.05) is 20.2 Å². The molecule has 0 radical (unpaired) electrons. The molecule has 1 aromatic heterocycles. The van der Waals surface area contributed by atoms with Crippen LogP contribution in [0, 0.1) is 0 Å². The lowest BCUT2D eigenvalue weighted by molar-refractivity contribution is -0.148. The Morgan fingerprint density at radius 3 is 2.73 bits per heavy atom. The number of aryl methyl sites for hydroxylation is 1. The van der Waals surface area contributed by atoms with E-state index in [0.717, 1.165) is 11.3 Å². The first-order valence-electron chi connectivity index (χ1n) is 7.18. The number of hydrogen-bond donors (Lipinski definition) is 0. The molecule has 1 aliphatic heterocycles. The van der Waals surface area contributed by atoms with Crippen LogP contribution in [0.25, 0.3) is 0 Å². The zero-order valence-electron chi connectivity index (χ0n) is 12.6. The molecule has 1 aromatic carbocycles. The van der Waals surface area contributed by atoms with Gasteiger partial charge in [-0.25, -0.2) is 9.79 Å². The predicted molar refractivity (Wildman–Crippen MR) is 82.4 cm³/mol. The fourth-order valence-corrected chi connectivity index (χ4v) is 2.52. The summed E-state index contributed by atoms with van der Waals surface area (Å²) in [6, 6.07) is 12.8. The maximum Gasteiger partial charge on any atom is 0.335 e. The maximum absolute atomic E-state index is 12.4. The van der Waals surface area contributed by atoms with Gasteiger partial charge in [0.05, 0.1) is 5.69 Å². The summed E-state index contributed by atoms with van der Waals surface area (Å²) in [4.78, 5) is 16.6. The van der Waals surface area contributed by atoms with Gasteiger partial charge in [0.15, 0.2) is 18.0 Å². The van der Waals surface area contributed by atoms with Crippen LogP contribution in [0.1, 0.15) is 24.3 Å². The molecule has 2 unspecified atom stereocenters. The van der Waals surface area contributed by atoms with Gasteiger partial charge in [0.1, 0.15) is 6.61 Å². The first-order chi connectivity index (χ1) is 10.6. The molecular weight excluding hydrogens is 280 g/mol. The third kappa shape index (κ3) is 2.88. The van der Waals surface area contributed by atoms with Gasteiger partial charge in [0.25, 0.3) is 0 Å². The molecule has 3 rings (SSSR count). The number of aliphatic imine (C=N–C) groups is 1. The van der Waals surface area contributed by atoms with Crippen molar-refractivity contribution >= 4 is 11.9 Å². The maximum atomic E-state index is 12.4. The van der Waals surface area contributed by atoms with E-state index < -0.39 is 12.1 Å². The summed E-state index contributed by atoms with van der Waals surface area (Å²) >= 11 is 0.